The summed E-state index contributed by atoms with van der Waals surface area (Å²) in [5.74, 6) is 0.126. The van der Waals surface area contributed by atoms with E-state index in [4.69, 9.17) is 0 Å². The van der Waals surface area contributed by atoms with Crippen molar-refractivity contribution < 1.29 is 4.79 Å². The topological polar surface area (TPSA) is 49.0 Å². The SMILES string of the molecule is CC1C(=O)N(C)CCc2[nH]ncc21. The van der Waals surface area contributed by atoms with Gasteiger partial charge in [-0.05, 0) is 6.92 Å². The first kappa shape index (κ1) is 8.29. The maximum Gasteiger partial charge on any atom is 0.229 e. The largest absolute Gasteiger partial charge is 0.345 e. The summed E-state index contributed by atoms with van der Waals surface area (Å²) < 4.78 is 0. The zero-order valence-electron chi connectivity index (χ0n) is 7.87. The molecule has 1 aliphatic heterocycles. The number of hydrogen-bond acceptors (Lipinski definition) is 2. The number of hydrogen-bond donors (Lipinski definition) is 1. The lowest BCUT2D eigenvalue weighted by Crippen LogP contribution is -2.29. The highest BCUT2D eigenvalue weighted by Crippen LogP contribution is 2.23. The minimum Gasteiger partial charge on any atom is -0.345 e. The van der Waals surface area contributed by atoms with Gasteiger partial charge in [0, 0.05) is 31.3 Å². The Morgan fingerprint density at radius 2 is 2.46 bits per heavy atom. The van der Waals surface area contributed by atoms with Crippen LogP contribution in [-0.4, -0.2) is 34.6 Å². The first-order valence-corrected chi connectivity index (χ1v) is 4.47. The van der Waals surface area contributed by atoms with Crippen molar-refractivity contribution in [2.45, 2.75) is 19.3 Å². The summed E-state index contributed by atoms with van der Waals surface area (Å²) in [5, 5.41) is 6.90. The number of rotatable bonds is 0. The predicted molar refractivity (Wildman–Crippen MR) is 48.3 cm³/mol. The summed E-state index contributed by atoms with van der Waals surface area (Å²) in [6.45, 7) is 2.71. The number of nitrogens with one attached hydrogen (secondary N) is 1. The van der Waals surface area contributed by atoms with Gasteiger partial charge in [-0.1, -0.05) is 0 Å². The summed E-state index contributed by atoms with van der Waals surface area (Å²) >= 11 is 0. The molecule has 0 radical (unpaired) electrons. The maximum absolute atomic E-state index is 11.7. The van der Waals surface area contributed by atoms with Crippen molar-refractivity contribution in [3.8, 4) is 0 Å². The van der Waals surface area contributed by atoms with Crippen LogP contribution in [0.4, 0.5) is 0 Å². The minimum absolute atomic E-state index is 0.0544. The molecule has 2 rings (SSSR count). The van der Waals surface area contributed by atoms with Crippen molar-refractivity contribution in [2.75, 3.05) is 13.6 Å². The van der Waals surface area contributed by atoms with Crippen molar-refractivity contribution in [3.63, 3.8) is 0 Å². The molecule has 2 heterocycles. The number of carbonyl (C=O) groups excluding carboxylic acids is 1. The number of nitrogens with zero attached hydrogens (tertiary/aromatic N) is 2. The van der Waals surface area contributed by atoms with Crippen molar-refractivity contribution in [1.82, 2.24) is 15.1 Å². The Labute approximate surface area is 76.9 Å². The van der Waals surface area contributed by atoms with E-state index in [1.807, 2.05) is 14.0 Å². The van der Waals surface area contributed by atoms with Crippen LogP contribution in [0.2, 0.25) is 0 Å². The number of aromatic nitrogens is 2. The van der Waals surface area contributed by atoms with E-state index in [0.717, 1.165) is 24.2 Å². The van der Waals surface area contributed by atoms with Gasteiger partial charge in [0.25, 0.3) is 0 Å². The molecule has 1 N–H and O–H groups in total. The molecule has 0 spiro atoms. The van der Waals surface area contributed by atoms with Crippen LogP contribution in [0, 0.1) is 0 Å². The molecular formula is C9H13N3O. The van der Waals surface area contributed by atoms with Crippen LogP contribution in [-0.2, 0) is 11.2 Å². The molecule has 1 amide bonds. The summed E-state index contributed by atoms with van der Waals surface area (Å²) in [6, 6.07) is 0. The van der Waals surface area contributed by atoms with Crippen LogP contribution in [0.25, 0.3) is 0 Å². The van der Waals surface area contributed by atoms with E-state index in [1.54, 1.807) is 11.1 Å². The fourth-order valence-corrected chi connectivity index (χ4v) is 1.75. The Balaban J connectivity index is 2.40. The van der Waals surface area contributed by atoms with Gasteiger partial charge in [0.2, 0.25) is 5.91 Å². The zero-order chi connectivity index (χ0) is 9.42. The maximum atomic E-state index is 11.7. The van der Waals surface area contributed by atoms with E-state index >= 15 is 0 Å². The van der Waals surface area contributed by atoms with Gasteiger partial charge in [-0.15, -0.1) is 0 Å². The average molecular weight is 179 g/mol. The molecule has 4 heteroatoms. The number of aromatic amines is 1. The van der Waals surface area contributed by atoms with Gasteiger partial charge in [0.1, 0.15) is 0 Å². The van der Waals surface area contributed by atoms with Gasteiger partial charge < -0.3 is 4.90 Å². The average Bonchev–Trinajstić information content (AvgIpc) is 2.56. The second-order valence-electron chi connectivity index (χ2n) is 3.54. The van der Waals surface area contributed by atoms with Crippen LogP contribution >= 0.6 is 0 Å². The molecule has 13 heavy (non-hydrogen) atoms. The lowest BCUT2D eigenvalue weighted by Gasteiger charge is -2.16. The van der Waals surface area contributed by atoms with Gasteiger partial charge in [-0.2, -0.15) is 5.10 Å². The Hall–Kier alpha value is -1.32. The molecule has 0 aromatic carbocycles. The number of fused-ring (bicyclic) bond motifs is 1. The zero-order valence-corrected chi connectivity index (χ0v) is 7.87. The van der Waals surface area contributed by atoms with Crippen LogP contribution < -0.4 is 0 Å². The number of H-pyrrole nitrogens is 1. The van der Waals surface area contributed by atoms with Crippen LogP contribution in [0.15, 0.2) is 6.20 Å². The first-order chi connectivity index (χ1) is 6.20. The second-order valence-corrected chi connectivity index (χ2v) is 3.54. The number of carbonyl (C=O) groups is 1. The van der Waals surface area contributed by atoms with E-state index in [2.05, 4.69) is 10.2 Å². The third-order valence-corrected chi connectivity index (χ3v) is 2.66. The lowest BCUT2D eigenvalue weighted by molar-refractivity contribution is -0.130. The van der Waals surface area contributed by atoms with Gasteiger partial charge >= 0.3 is 0 Å². The molecule has 1 aromatic rings. The standard InChI is InChI=1S/C9H13N3O/c1-6-7-5-10-11-8(7)3-4-12(2)9(6)13/h5-6H,3-4H2,1-2H3,(H,10,11). The Kier molecular flexibility index (Phi) is 1.83. The number of amides is 1. The summed E-state index contributed by atoms with van der Waals surface area (Å²) in [4.78, 5) is 13.5. The normalized spacial score (nSPS) is 22.8. The summed E-state index contributed by atoms with van der Waals surface area (Å²) in [7, 11) is 1.85. The van der Waals surface area contributed by atoms with E-state index in [9.17, 15) is 4.79 Å². The molecule has 1 unspecified atom stereocenters. The number of likely N-dealkylation sites (N-methyl/N-ethyl adjacent to an activating group) is 1. The highest BCUT2D eigenvalue weighted by Gasteiger charge is 2.26. The van der Waals surface area contributed by atoms with E-state index < -0.39 is 0 Å². The molecule has 1 aromatic heterocycles. The van der Waals surface area contributed by atoms with E-state index in [-0.39, 0.29) is 11.8 Å². The van der Waals surface area contributed by atoms with Crippen LogP contribution in [0.3, 0.4) is 0 Å². The molecule has 4 nitrogen and oxygen atoms in total. The highest BCUT2D eigenvalue weighted by atomic mass is 16.2. The Morgan fingerprint density at radius 3 is 3.23 bits per heavy atom. The predicted octanol–water partition coefficient (Wildman–Crippen LogP) is 0.528. The molecule has 0 bridgehead atoms. The van der Waals surface area contributed by atoms with Crippen LogP contribution in [0.1, 0.15) is 24.1 Å². The van der Waals surface area contributed by atoms with Crippen molar-refractivity contribution in [3.05, 3.63) is 17.5 Å². The van der Waals surface area contributed by atoms with Crippen molar-refractivity contribution in [1.29, 1.82) is 0 Å². The van der Waals surface area contributed by atoms with Gasteiger partial charge in [-0.25, -0.2) is 0 Å². The highest BCUT2D eigenvalue weighted by molar-refractivity contribution is 5.83. The van der Waals surface area contributed by atoms with Gasteiger partial charge in [-0.3, -0.25) is 9.89 Å². The first-order valence-electron chi connectivity index (χ1n) is 4.47. The monoisotopic (exact) mass is 179 g/mol. The fraction of sp³-hybridized carbons (Fsp3) is 0.556. The van der Waals surface area contributed by atoms with E-state index in [1.165, 1.54) is 0 Å². The van der Waals surface area contributed by atoms with Crippen LogP contribution in [0.5, 0.6) is 0 Å². The van der Waals surface area contributed by atoms with E-state index in [0.29, 0.717) is 0 Å². The summed E-state index contributed by atoms with van der Waals surface area (Å²) in [5.41, 5.74) is 2.15. The fourth-order valence-electron chi connectivity index (χ4n) is 1.75. The molecule has 0 saturated carbocycles. The quantitative estimate of drug-likeness (QED) is 0.631. The Bertz CT molecular complexity index is 331. The molecule has 70 valence electrons. The Morgan fingerprint density at radius 1 is 1.69 bits per heavy atom. The smallest absolute Gasteiger partial charge is 0.229 e. The lowest BCUT2D eigenvalue weighted by atomic mass is 10.0. The third-order valence-electron chi connectivity index (χ3n) is 2.66. The molecular weight excluding hydrogens is 166 g/mol. The minimum atomic E-state index is -0.0544. The third kappa shape index (κ3) is 1.22. The molecule has 0 saturated heterocycles. The second kappa shape index (κ2) is 2.87. The van der Waals surface area contributed by atoms with Crippen molar-refractivity contribution in [2.24, 2.45) is 0 Å². The molecule has 1 atom stereocenters. The molecule has 1 aliphatic rings. The van der Waals surface area contributed by atoms with Crippen molar-refractivity contribution >= 4 is 5.91 Å². The summed E-state index contributed by atoms with van der Waals surface area (Å²) in [6.07, 6.45) is 2.64. The van der Waals surface area contributed by atoms with Gasteiger partial charge in [0.05, 0.1) is 12.1 Å². The molecule has 0 fully saturated rings. The van der Waals surface area contributed by atoms with Gasteiger partial charge in [0.15, 0.2) is 0 Å². The molecule has 0 aliphatic carbocycles.